The van der Waals surface area contributed by atoms with Gasteiger partial charge < -0.3 is 9.80 Å². The molecular formula is C19H22N2OS. The van der Waals surface area contributed by atoms with Crippen LogP contribution in [0.5, 0.6) is 0 Å². The van der Waals surface area contributed by atoms with Gasteiger partial charge in [0, 0.05) is 42.8 Å². The van der Waals surface area contributed by atoms with Crippen LogP contribution in [0.15, 0.2) is 41.8 Å². The first-order valence-electron chi connectivity index (χ1n) is 7.97. The summed E-state index contributed by atoms with van der Waals surface area (Å²) < 4.78 is 0. The molecule has 3 rings (SSSR count). The molecule has 2 aromatic rings. The molecule has 3 nitrogen and oxygen atoms in total. The van der Waals surface area contributed by atoms with Crippen molar-refractivity contribution in [3.8, 4) is 0 Å². The number of para-hydroxylation sites is 1. The van der Waals surface area contributed by atoms with E-state index in [0.29, 0.717) is 0 Å². The number of nitrogens with zero attached hydrogens (tertiary/aromatic N) is 2. The van der Waals surface area contributed by atoms with Crippen molar-refractivity contribution in [3.63, 3.8) is 0 Å². The summed E-state index contributed by atoms with van der Waals surface area (Å²) in [6, 6.07) is 10.5. The molecule has 1 aromatic heterocycles. The van der Waals surface area contributed by atoms with Crippen molar-refractivity contribution < 1.29 is 4.79 Å². The molecule has 23 heavy (non-hydrogen) atoms. The van der Waals surface area contributed by atoms with Gasteiger partial charge in [-0.05, 0) is 48.6 Å². The van der Waals surface area contributed by atoms with E-state index in [2.05, 4.69) is 54.5 Å². The summed E-state index contributed by atoms with van der Waals surface area (Å²) in [5.74, 6) is 0.113. The fraction of sp³-hybridized carbons (Fsp3) is 0.316. The maximum absolute atomic E-state index is 12.3. The first-order valence-corrected chi connectivity index (χ1v) is 8.85. The Morgan fingerprint density at radius 2 is 1.78 bits per heavy atom. The maximum Gasteiger partial charge on any atom is 0.246 e. The number of aryl methyl sites for hydroxylation is 2. The van der Waals surface area contributed by atoms with Crippen molar-refractivity contribution in [2.45, 2.75) is 13.8 Å². The van der Waals surface area contributed by atoms with E-state index in [-0.39, 0.29) is 5.91 Å². The van der Waals surface area contributed by atoms with E-state index in [0.717, 1.165) is 31.1 Å². The van der Waals surface area contributed by atoms with Gasteiger partial charge in [-0.2, -0.15) is 0 Å². The summed E-state index contributed by atoms with van der Waals surface area (Å²) in [4.78, 5) is 17.8. The monoisotopic (exact) mass is 326 g/mol. The number of hydrogen-bond donors (Lipinski definition) is 0. The number of hydrogen-bond acceptors (Lipinski definition) is 3. The van der Waals surface area contributed by atoms with Crippen LogP contribution in [0, 0.1) is 13.8 Å². The van der Waals surface area contributed by atoms with Crippen LogP contribution in [-0.4, -0.2) is 37.0 Å². The molecule has 0 bridgehead atoms. The second kappa shape index (κ2) is 7.01. The molecule has 0 radical (unpaired) electrons. The molecule has 1 aliphatic heterocycles. The number of carbonyl (C=O) groups is 1. The van der Waals surface area contributed by atoms with Gasteiger partial charge >= 0.3 is 0 Å². The van der Waals surface area contributed by atoms with Gasteiger partial charge in [-0.1, -0.05) is 18.2 Å². The van der Waals surface area contributed by atoms with Crippen LogP contribution in [0.4, 0.5) is 5.69 Å². The molecule has 1 fully saturated rings. The molecule has 1 aromatic carbocycles. The van der Waals surface area contributed by atoms with E-state index in [1.165, 1.54) is 16.8 Å². The van der Waals surface area contributed by atoms with Crippen LogP contribution < -0.4 is 4.90 Å². The first-order chi connectivity index (χ1) is 11.1. The van der Waals surface area contributed by atoms with E-state index in [4.69, 9.17) is 0 Å². The number of anilines is 1. The van der Waals surface area contributed by atoms with Crippen LogP contribution in [0.25, 0.3) is 6.08 Å². The third kappa shape index (κ3) is 3.64. The predicted molar refractivity (Wildman–Crippen MR) is 98.1 cm³/mol. The molecule has 4 heteroatoms. The van der Waals surface area contributed by atoms with Gasteiger partial charge in [0.1, 0.15) is 0 Å². The minimum absolute atomic E-state index is 0.113. The lowest BCUT2D eigenvalue weighted by Gasteiger charge is -2.36. The summed E-state index contributed by atoms with van der Waals surface area (Å²) in [5.41, 5.74) is 3.80. The quantitative estimate of drug-likeness (QED) is 0.803. The highest BCUT2D eigenvalue weighted by molar-refractivity contribution is 7.11. The van der Waals surface area contributed by atoms with Crippen LogP contribution in [0.2, 0.25) is 0 Å². The van der Waals surface area contributed by atoms with Gasteiger partial charge in [0.2, 0.25) is 5.91 Å². The standard InChI is InChI=1S/C19H22N2OS/c1-15-5-3-4-6-17(15)20-10-12-21(13-11-20)19(22)8-7-18-16(2)9-14-23-18/h3-9,14H,10-13H2,1-2H3/b8-7+. The summed E-state index contributed by atoms with van der Waals surface area (Å²) in [6.45, 7) is 7.55. The fourth-order valence-corrected chi connectivity index (χ4v) is 3.71. The first kappa shape index (κ1) is 15.8. The van der Waals surface area contributed by atoms with Crippen molar-refractivity contribution in [2.75, 3.05) is 31.1 Å². The molecule has 0 N–H and O–H groups in total. The second-order valence-corrected chi connectivity index (χ2v) is 6.85. The maximum atomic E-state index is 12.3. The third-order valence-corrected chi connectivity index (χ3v) is 5.31. The lowest BCUT2D eigenvalue weighted by Crippen LogP contribution is -2.48. The summed E-state index contributed by atoms with van der Waals surface area (Å²) >= 11 is 1.67. The minimum atomic E-state index is 0.113. The molecule has 2 heterocycles. The van der Waals surface area contributed by atoms with Crippen LogP contribution >= 0.6 is 11.3 Å². The minimum Gasteiger partial charge on any atom is -0.368 e. The number of thiophene rings is 1. The van der Waals surface area contributed by atoms with E-state index in [9.17, 15) is 4.79 Å². The lowest BCUT2D eigenvalue weighted by atomic mass is 10.1. The topological polar surface area (TPSA) is 23.6 Å². The molecule has 0 aliphatic carbocycles. The Balaban J connectivity index is 1.58. The molecule has 1 saturated heterocycles. The molecule has 0 spiro atoms. The van der Waals surface area contributed by atoms with Gasteiger partial charge in [0.05, 0.1) is 0 Å². The van der Waals surface area contributed by atoms with Crippen molar-refractivity contribution >= 4 is 29.0 Å². The van der Waals surface area contributed by atoms with Crippen molar-refractivity contribution in [2.24, 2.45) is 0 Å². The molecule has 1 aliphatic rings. The molecule has 1 amide bonds. The van der Waals surface area contributed by atoms with Gasteiger partial charge in [0.25, 0.3) is 0 Å². The second-order valence-electron chi connectivity index (χ2n) is 5.90. The summed E-state index contributed by atoms with van der Waals surface area (Å²) in [6.07, 6.45) is 3.65. The predicted octanol–water partition coefficient (Wildman–Crippen LogP) is 3.73. The van der Waals surface area contributed by atoms with Crippen LogP contribution in [0.3, 0.4) is 0 Å². The van der Waals surface area contributed by atoms with Crippen LogP contribution in [0.1, 0.15) is 16.0 Å². The van der Waals surface area contributed by atoms with E-state index in [1.54, 1.807) is 17.4 Å². The van der Waals surface area contributed by atoms with E-state index >= 15 is 0 Å². The smallest absolute Gasteiger partial charge is 0.246 e. The summed E-state index contributed by atoms with van der Waals surface area (Å²) in [7, 11) is 0. The Morgan fingerprint density at radius 3 is 2.43 bits per heavy atom. The highest BCUT2D eigenvalue weighted by Crippen LogP contribution is 2.21. The normalized spacial score (nSPS) is 15.4. The molecular weight excluding hydrogens is 304 g/mol. The largest absolute Gasteiger partial charge is 0.368 e. The average molecular weight is 326 g/mol. The number of rotatable bonds is 3. The number of benzene rings is 1. The van der Waals surface area contributed by atoms with Crippen molar-refractivity contribution in [1.29, 1.82) is 0 Å². The van der Waals surface area contributed by atoms with Crippen LogP contribution in [-0.2, 0) is 4.79 Å². The number of carbonyl (C=O) groups excluding carboxylic acids is 1. The Morgan fingerprint density at radius 1 is 1.04 bits per heavy atom. The Hall–Kier alpha value is -2.07. The Bertz CT molecular complexity index is 712. The summed E-state index contributed by atoms with van der Waals surface area (Å²) in [5, 5.41) is 2.06. The Kier molecular flexibility index (Phi) is 4.82. The van der Waals surface area contributed by atoms with Gasteiger partial charge in [-0.25, -0.2) is 0 Å². The van der Waals surface area contributed by atoms with Crippen molar-refractivity contribution in [1.82, 2.24) is 4.90 Å². The highest BCUT2D eigenvalue weighted by Gasteiger charge is 2.20. The van der Waals surface area contributed by atoms with E-state index < -0.39 is 0 Å². The van der Waals surface area contributed by atoms with Crippen molar-refractivity contribution in [3.05, 3.63) is 57.8 Å². The zero-order valence-corrected chi connectivity index (χ0v) is 14.5. The SMILES string of the molecule is Cc1ccccc1N1CCN(C(=O)/C=C/c2sccc2C)CC1. The van der Waals surface area contributed by atoms with Gasteiger partial charge in [-0.15, -0.1) is 11.3 Å². The Labute approximate surface area is 141 Å². The zero-order valence-electron chi connectivity index (χ0n) is 13.7. The lowest BCUT2D eigenvalue weighted by molar-refractivity contribution is -0.126. The fourth-order valence-electron chi connectivity index (χ4n) is 2.89. The highest BCUT2D eigenvalue weighted by atomic mass is 32.1. The molecule has 0 unspecified atom stereocenters. The molecule has 0 atom stereocenters. The molecule has 120 valence electrons. The van der Waals surface area contributed by atoms with E-state index in [1.807, 2.05) is 11.0 Å². The van der Waals surface area contributed by atoms with Gasteiger partial charge in [-0.3, -0.25) is 4.79 Å². The molecule has 0 saturated carbocycles. The van der Waals surface area contributed by atoms with Gasteiger partial charge in [0.15, 0.2) is 0 Å². The number of piperazine rings is 1. The average Bonchev–Trinajstić information content (AvgIpc) is 2.98. The third-order valence-electron chi connectivity index (χ3n) is 4.33. The zero-order chi connectivity index (χ0) is 16.2. The number of amides is 1.